The molecule has 38 heavy (non-hydrogen) atoms. The largest absolute Gasteiger partial charge is 0.481 e. The number of methoxy groups -OCH3 is 1. The third-order valence-electron chi connectivity index (χ3n) is 7.61. The molecule has 0 aromatic carbocycles. The second kappa shape index (κ2) is 10.2. The fourth-order valence-corrected chi connectivity index (χ4v) is 5.29. The molecule has 0 unspecified atom stereocenters. The molecule has 1 saturated carbocycles. The number of H-pyrrole nitrogens is 1. The van der Waals surface area contributed by atoms with E-state index >= 15 is 0 Å². The molecular formula is C25H31F4N5O4. The van der Waals surface area contributed by atoms with E-state index in [0.29, 0.717) is 12.8 Å². The van der Waals surface area contributed by atoms with E-state index in [9.17, 15) is 32.3 Å². The SMILES string of the molecule is COc1cc(-c2cc(C(=O)N3CC[C@H](C(=O)N[C@H]4CC[C@@](O)(C(F)(F)F)CC4)CC3(C)C)n[nH]2)c(F)cn1. The molecule has 9 nitrogen and oxygen atoms in total. The van der Waals surface area contributed by atoms with Crippen LogP contribution < -0.4 is 10.1 Å². The number of carbonyl (C=O) groups excluding carboxylic acids is 2. The Labute approximate surface area is 217 Å². The van der Waals surface area contributed by atoms with Crippen LogP contribution in [0.25, 0.3) is 11.3 Å². The van der Waals surface area contributed by atoms with Gasteiger partial charge in [-0.1, -0.05) is 0 Å². The minimum absolute atomic E-state index is 0.0356. The number of piperidine rings is 1. The van der Waals surface area contributed by atoms with Gasteiger partial charge in [0.15, 0.2) is 17.1 Å². The molecule has 2 amide bonds. The van der Waals surface area contributed by atoms with Crippen LogP contribution in [0, 0.1) is 11.7 Å². The molecule has 13 heteroatoms. The summed E-state index contributed by atoms with van der Waals surface area (Å²) >= 11 is 0. The quantitative estimate of drug-likeness (QED) is 0.498. The van der Waals surface area contributed by atoms with Gasteiger partial charge in [0.1, 0.15) is 0 Å². The molecule has 0 radical (unpaired) electrons. The minimum Gasteiger partial charge on any atom is -0.481 e. The van der Waals surface area contributed by atoms with Crippen LogP contribution in [-0.2, 0) is 4.79 Å². The van der Waals surface area contributed by atoms with Crippen molar-refractivity contribution in [2.75, 3.05) is 13.7 Å². The van der Waals surface area contributed by atoms with E-state index in [2.05, 4.69) is 20.5 Å². The minimum atomic E-state index is -4.69. The Bertz CT molecular complexity index is 1190. The van der Waals surface area contributed by atoms with E-state index in [1.165, 1.54) is 19.2 Å². The molecular weight excluding hydrogens is 510 g/mol. The zero-order valence-electron chi connectivity index (χ0n) is 21.4. The predicted molar refractivity (Wildman–Crippen MR) is 128 cm³/mol. The van der Waals surface area contributed by atoms with Crippen LogP contribution in [0.2, 0.25) is 0 Å². The zero-order valence-corrected chi connectivity index (χ0v) is 21.4. The van der Waals surface area contributed by atoms with Crippen LogP contribution in [0.5, 0.6) is 5.88 Å². The van der Waals surface area contributed by atoms with Crippen LogP contribution in [0.3, 0.4) is 0 Å². The van der Waals surface area contributed by atoms with E-state index in [1.807, 2.05) is 13.8 Å². The number of hydrogen-bond acceptors (Lipinski definition) is 6. The number of pyridine rings is 1. The second-order valence-electron chi connectivity index (χ2n) is 10.6. The fourth-order valence-electron chi connectivity index (χ4n) is 5.29. The summed E-state index contributed by atoms with van der Waals surface area (Å²) in [6.45, 7) is 3.92. The van der Waals surface area contributed by atoms with Crippen LogP contribution in [-0.4, -0.2) is 74.0 Å². The number of halogens is 4. The number of nitrogens with one attached hydrogen (secondary N) is 2. The van der Waals surface area contributed by atoms with Gasteiger partial charge in [0.2, 0.25) is 11.8 Å². The van der Waals surface area contributed by atoms with Gasteiger partial charge in [-0.15, -0.1) is 0 Å². The summed E-state index contributed by atoms with van der Waals surface area (Å²) < 4.78 is 58.5. The maximum absolute atomic E-state index is 14.3. The second-order valence-corrected chi connectivity index (χ2v) is 10.6. The third-order valence-corrected chi connectivity index (χ3v) is 7.61. The average Bonchev–Trinajstić information content (AvgIpc) is 3.34. The molecule has 4 rings (SSSR count). The molecule has 0 bridgehead atoms. The molecule has 1 saturated heterocycles. The third kappa shape index (κ3) is 5.47. The number of alkyl halides is 3. The monoisotopic (exact) mass is 541 g/mol. The summed E-state index contributed by atoms with van der Waals surface area (Å²) in [7, 11) is 1.40. The predicted octanol–water partition coefficient (Wildman–Crippen LogP) is 3.60. The number of carbonyl (C=O) groups is 2. The number of likely N-dealkylation sites (tertiary alicyclic amines) is 1. The van der Waals surface area contributed by atoms with Crippen molar-refractivity contribution >= 4 is 11.8 Å². The van der Waals surface area contributed by atoms with Crippen molar-refractivity contribution in [2.45, 2.75) is 75.7 Å². The van der Waals surface area contributed by atoms with Gasteiger partial charge in [0.05, 0.1) is 19.0 Å². The van der Waals surface area contributed by atoms with Crippen LogP contribution in [0.1, 0.15) is 62.9 Å². The Kier molecular flexibility index (Phi) is 7.43. The maximum Gasteiger partial charge on any atom is 0.417 e. The summed E-state index contributed by atoms with van der Waals surface area (Å²) in [6, 6.07) is 2.39. The van der Waals surface area contributed by atoms with Crippen molar-refractivity contribution in [2.24, 2.45) is 5.92 Å². The number of aromatic nitrogens is 3. The lowest BCUT2D eigenvalue weighted by molar-refractivity contribution is -0.270. The highest BCUT2D eigenvalue weighted by Gasteiger charge is 2.54. The number of aliphatic hydroxyl groups is 1. The highest BCUT2D eigenvalue weighted by Crippen LogP contribution is 2.41. The fraction of sp³-hybridized carbons (Fsp3) is 0.600. The van der Waals surface area contributed by atoms with Gasteiger partial charge in [0.25, 0.3) is 5.91 Å². The standard InChI is InChI=1S/C25H31F4N5O4/c1-23(2)12-14(21(35)31-15-4-7-24(37,8-5-15)25(27,28)29)6-9-34(23)22(36)19-11-18(32-33-19)16-10-20(38-3)30-13-17(16)26/h10-11,13-15,37H,4-9,12H2,1-3H3,(H,31,35)(H,32,33)/t14-,15-,24-/m0/s1. The lowest BCUT2D eigenvalue weighted by Gasteiger charge is -2.45. The lowest BCUT2D eigenvalue weighted by atomic mass is 9.80. The Morgan fingerprint density at radius 3 is 2.50 bits per heavy atom. The molecule has 208 valence electrons. The van der Waals surface area contributed by atoms with Crippen molar-refractivity contribution in [1.82, 2.24) is 25.4 Å². The summed E-state index contributed by atoms with van der Waals surface area (Å²) in [5.41, 5.74) is -2.91. The number of nitrogens with zero attached hydrogens (tertiary/aromatic N) is 3. The number of rotatable bonds is 5. The Morgan fingerprint density at radius 1 is 1.21 bits per heavy atom. The van der Waals surface area contributed by atoms with Crippen LogP contribution >= 0.6 is 0 Å². The van der Waals surface area contributed by atoms with Crippen molar-refractivity contribution in [3.05, 3.63) is 29.8 Å². The van der Waals surface area contributed by atoms with Crippen LogP contribution in [0.15, 0.2) is 18.3 Å². The van der Waals surface area contributed by atoms with Gasteiger partial charge in [-0.2, -0.15) is 18.3 Å². The first-order valence-electron chi connectivity index (χ1n) is 12.4. The molecule has 1 atom stereocenters. The molecule has 3 N–H and O–H groups in total. The van der Waals surface area contributed by atoms with Gasteiger partial charge >= 0.3 is 6.18 Å². The maximum atomic E-state index is 14.3. The van der Waals surface area contributed by atoms with Crippen molar-refractivity contribution in [1.29, 1.82) is 0 Å². The molecule has 2 fully saturated rings. The summed E-state index contributed by atoms with van der Waals surface area (Å²) in [5.74, 6) is -1.48. The van der Waals surface area contributed by atoms with Crippen LogP contribution in [0.4, 0.5) is 17.6 Å². The molecule has 0 spiro atoms. The first-order valence-corrected chi connectivity index (χ1v) is 12.4. The van der Waals surface area contributed by atoms with E-state index in [4.69, 9.17) is 4.74 Å². The summed E-state index contributed by atoms with van der Waals surface area (Å²) in [5, 5.41) is 19.4. The van der Waals surface area contributed by atoms with E-state index in [-0.39, 0.29) is 54.0 Å². The van der Waals surface area contributed by atoms with E-state index in [1.54, 1.807) is 4.90 Å². The van der Waals surface area contributed by atoms with E-state index in [0.717, 1.165) is 6.20 Å². The number of amides is 2. The normalized spacial score (nSPS) is 25.6. The lowest BCUT2D eigenvalue weighted by Crippen LogP contribution is -2.56. The molecule has 2 aromatic heterocycles. The Hall–Kier alpha value is -3.22. The Balaban J connectivity index is 1.37. The first kappa shape index (κ1) is 27.8. The van der Waals surface area contributed by atoms with Gasteiger partial charge in [0, 0.05) is 35.7 Å². The zero-order chi connectivity index (χ0) is 27.9. The number of aromatic amines is 1. The summed E-state index contributed by atoms with van der Waals surface area (Å²) in [6.07, 6.45) is -3.81. The number of ether oxygens (including phenoxy) is 1. The van der Waals surface area contributed by atoms with Gasteiger partial charge in [-0.05, 0) is 58.4 Å². The molecule has 2 aromatic rings. The first-order chi connectivity index (χ1) is 17.7. The van der Waals surface area contributed by atoms with E-state index < -0.39 is 47.9 Å². The average molecular weight is 542 g/mol. The van der Waals surface area contributed by atoms with Crippen molar-refractivity contribution < 1.29 is 37.0 Å². The van der Waals surface area contributed by atoms with Gasteiger partial charge in [-0.25, -0.2) is 9.37 Å². The summed E-state index contributed by atoms with van der Waals surface area (Å²) in [4.78, 5) is 31.6. The molecule has 1 aliphatic carbocycles. The Morgan fingerprint density at radius 2 is 1.89 bits per heavy atom. The topological polar surface area (TPSA) is 120 Å². The van der Waals surface area contributed by atoms with Crippen molar-refractivity contribution in [3.63, 3.8) is 0 Å². The van der Waals surface area contributed by atoms with Crippen molar-refractivity contribution in [3.8, 4) is 17.1 Å². The smallest absolute Gasteiger partial charge is 0.417 e. The molecule has 3 heterocycles. The molecule has 1 aliphatic heterocycles. The number of hydrogen-bond donors (Lipinski definition) is 3. The molecule has 2 aliphatic rings. The highest BCUT2D eigenvalue weighted by molar-refractivity contribution is 5.94. The van der Waals surface area contributed by atoms with Gasteiger partial charge < -0.3 is 20.1 Å². The highest BCUT2D eigenvalue weighted by atomic mass is 19.4. The van der Waals surface area contributed by atoms with Gasteiger partial charge in [-0.3, -0.25) is 14.7 Å².